The van der Waals surface area contributed by atoms with E-state index in [4.69, 9.17) is 16.3 Å². The topological polar surface area (TPSA) is 50.6 Å². The van der Waals surface area contributed by atoms with Crippen molar-refractivity contribution in [2.75, 3.05) is 38.2 Å². The average molecular weight is 411 g/mol. The molecule has 3 aromatic rings. The van der Waals surface area contributed by atoms with Crippen LogP contribution >= 0.6 is 11.6 Å². The number of rotatable bonds is 4. The fourth-order valence-electron chi connectivity index (χ4n) is 3.57. The smallest absolute Gasteiger partial charge is 0.272 e. The maximum Gasteiger partial charge on any atom is 0.272 e. The first-order valence-corrected chi connectivity index (χ1v) is 9.91. The summed E-state index contributed by atoms with van der Waals surface area (Å²) in [6, 6.07) is 17.4. The predicted octanol–water partition coefficient (Wildman–Crippen LogP) is 3.71. The summed E-state index contributed by atoms with van der Waals surface area (Å²) in [7, 11) is 3.44. The Morgan fingerprint density at radius 3 is 2.45 bits per heavy atom. The van der Waals surface area contributed by atoms with Crippen LogP contribution < -0.4 is 9.64 Å². The van der Waals surface area contributed by atoms with Crippen molar-refractivity contribution in [1.82, 2.24) is 14.7 Å². The first kappa shape index (κ1) is 19.3. The van der Waals surface area contributed by atoms with Gasteiger partial charge >= 0.3 is 0 Å². The monoisotopic (exact) mass is 410 g/mol. The van der Waals surface area contributed by atoms with Gasteiger partial charge in [0, 0.05) is 49.5 Å². The molecule has 0 aliphatic carbocycles. The van der Waals surface area contributed by atoms with E-state index in [2.05, 4.69) is 10.00 Å². The number of amides is 1. The first-order valence-electron chi connectivity index (χ1n) is 9.53. The number of hydrogen-bond donors (Lipinski definition) is 0. The summed E-state index contributed by atoms with van der Waals surface area (Å²) in [6.45, 7) is 2.91. The van der Waals surface area contributed by atoms with E-state index in [0.717, 1.165) is 40.8 Å². The molecule has 150 valence electrons. The predicted molar refractivity (Wildman–Crippen MR) is 115 cm³/mol. The Balaban J connectivity index is 1.46. The van der Waals surface area contributed by atoms with Crippen LogP contribution in [0.4, 0.5) is 5.69 Å². The van der Waals surface area contributed by atoms with Gasteiger partial charge in [-0.3, -0.25) is 9.48 Å². The number of carbonyl (C=O) groups is 1. The van der Waals surface area contributed by atoms with Crippen LogP contribution in [0.5, 0.6) is 5.75 Å². The zero-order valence-corrected chi connectivity index (χ0v) is 17.3. The van der Waals surface area contributed by atoms with Crippen LogP contribution in [-0.4, -0.2) is 53.9 Å². The molecule has 6 nitrogen and oxygen atoms in total. The van der Waals surface area contributed by atoms with E-state index < -0.39 is 0 Å². The Hall–Kier alpha value is -2.99. The third-order valence-electron chi connectivity index (χ3n) is 5.22. The Morgan fingerprint density at radius 2 is 1.76 bits per heavy atom. The molecule has 2 heterocycles. The van der Waals surface area contributed by atoms with Gasteiger partial charge in [-0.1, -0.05) is 23.7 Å². The number of methoxy groups -OCH3 is 1. The van der Waals surface area contributed by atoms with Crippen LogP contribution in [0.2, 0.25) is 5.02 Å². The summed E-state index contributed by atoms with van der Waals surface area (Å²) in [6.07, 6.45) is 0. The van der Waals surface area contributed by atoms with Gasteiger partial charge in [0.2, 0.25) is 0 Å². The molecule has 1 fully saturated rings. The standard InChI is InChI=1S/C22H23ClN4O2/c1-25-21(15-20(24-25)16-4-3-5-19(14-16)29-2)22(28)27-12-10-26(11-13-27)18-8-6-17(23)7-9-18/h3-9,14-15H,10-13H2,1-2H3. The van der Waals surface area contributed by atoms with E-state index >= 15 is 0 Å². The lowest BCUT2D eigenvalue weighted by atomic mass is 10.1. The Labute approximate surface area is 175 Å². The van der Waals surface area contributed by atoms with Crippen molar-refractivity contribution in [2.24, 2.45) is 7.05 Å². The molecular weight excluding hydrogens is 388 g/mol. The van der Waals surface area contributed by atoms with Crippen molar-refractivity contribution < 1.29 is 9.53 Å². The molecule has 0 spiro atoms. The summed E-state index contributed by atoms with van der Waals surface area (Å²) >= 11 is 5.97. The molecule has 1 saturated heterocycles. The zero-order chi connectivity index (χ0) is 20.4. The van der Waals surface area contributed by atoms with Gasteiger partial charge in [-0.25, -0.2) is 0 Å². The number of anilines is 1. The minimum Gasteiger partial charge on any atom is -0.497 e. The van der Waals surface area contributed by atoms with Gasteiger partial charge < -0.3 is 14.5 Å². The summed E-state index contributed by atoms with van der Waals surface area (Å²) in [5, 5.41) is 5.26. The molecule has 2 aromatic carbocycles. The molecule has 0 bridgehead atoms. The van der Waals surface area contributed by atoms with Crippen LogP contribution in [0.15, 0.2) is 54.6 Å². The average Bonchev–Trinajstić information content (AvgIpc) is 3.15. The third-order valence-corrected chi connectivity index (χ3v) is 5.48. The summed E-state index contributed by atoms with van der Waals surface area (Å²) in [5.41, 5.74) is 3.39. The third kappa shape index (κ3) is 4.07. The highest BCUT2D eigenvalue weighted by atomic mass is 35.5. The normalized spacial score (nSPS) is 14.2. The van der Waals surface area contributed by atoms with Gasteiger partial charge in [0.15, 0.2) is 0 Å². The lowest BCUT2D eigenvalue weighted by molar-refractivity contribution is 0.0735. The number of halogens is 1. The zero-order valence-electron chi connectivity index (χ0n) is 16.5. The molecule has 1 aromatic heterocycles. The van der Waals surface area contributed by atoms with Crippen molar-refractivity contribution in [1.29, 1.82) is 0 Å². The Morgan fingerprint density at radius 1 is 1.03 bits per heavy atom. The van der Waals surface area contributed by atoms with Crippen LogP contribution in [-0.2, 0) is 7.05 Å². The molecule has 4 rings (SSSR count). The quantitative estimate of drug-likeness (QED) is 0.658. The number of aromatic nitrogens is 2. The van der Waals surface area contributed by atoms with Crippen LogP contribution in [0.1, 0.15) is 10.5 Å². The number of piperazine rings is 1. The first-order chi connectivity index (χ1) is 14.0. The Bertz CT molecular complexity index is 1010. The van der Waals surface area contributed by atoms with E-state index in [0.29, 0.717) is 18.8 Å². The second kappa shape index (κ2) is 8.17. The molecule has 1 amide bonds. The van der Waals surface area contributed by atoms with Crippen LogP contribution in [0.25, 0.3) is 11.3 Å². The van der Waals surface area contributed by atoms with Crippen molar-refractivity contribution in [3.05, 3.63) is 65.3 Å². The minimum absolute atomic E-state index is 0.00454. The molecule has 1 aliphatic rings. The number of nitrogens with zero attached hydrogens (tertiary/aromatic N) is 4. The lowest BCUT2D eigenvalue weighted by Crippen LogP contribution is -2.49. The number of benzene rings is 2. The molecule has 0 N–H and O–H groups in total. The second-order valence-electron chi connectivity index (χ2n) is 7.03. The van der Waals surface area contributed by atoms with Gasteiger partial charge in [0.1, 0.15) is 11.4 Å². The van der Waals surface area contributed by atoms with E-state index in [1.165, 1.54) is 0 Å². The van der Waals surface area contributed by atoms with Gasteiger partial charge in [0.25, 0.3) is 5.91 Å². The number of carbonyl (C=O) groups excluding carboxylic acids is 1. The minimum atomic E-state index is 0.00454. The fraction of sp³-hybridized carbons (Fsp3) is 0.273. The fourth-order valence-corrected chi connectivity index (χ4v) is 3.70. The van der Waals surface area contributed by atoms with Crippen LogP contribution in [0, 0.1) is 0 Å². The maximum atomic E-state index is 13.1. The number of aryl methyl sites for hydroxylation is 1. The summed E-state index contributed by atoms with van der Waals surface area (Å²) in [4.78, 5) is 17.2. The molecule has 0 atom stereocenters. The second-order valence-corrected chi connectivity index (χ2v) is 7.46. The largest absolute Gasteiger partial charge is 0.497 e. The SMILES string of the molecule is COc1cccc(-c2cc(C(=O)N3CCN(c4ccc(Cl)cc4)CC3)n(C)n2)c1. The number of hydrogen-bond acceptors (Lipinski definition) is 4. The Kier molecular flexibility index (Phi) is 5.45. The van der Waals surface area contributed by atoms with Gasteiger partial charge in [-0.05, 0) is 42.5 Å². The summed E-state index contributed by atoms with van der Waals surface area (Å²) < 4.78 is 6.94. The van der Waals surface area contributed by atoms with Gasteiger partial charge in [0.05, 0.1) is 12.8 Å². The molecule has 29 heavy (non-hydrogen) atoms. The van der Waals surface area contributed by atoms with Crippen molar-refractivity contribution >= 4 is 23.2 Å². The van der Waals surface area contributed by atoms with Crippen molar-refractivity contribution in [2.45, 2.75) is 0 Å². The molecule has 1 aliphatic heterocycles. The molecule has 7 heteroatoms. The van der Waals surface area contributed by atoms with E-state index in [1.807, 2.05) is 59.5 Å². The molecular formula is C22H23ClN4O2. The highest BCUT2D eigenvalue weighted by molar-refractivity contribution is 6.30. The number of ether oxygens (including phenoxy) is 1. The maximum absolute atomic E-state index is 13.1. The molecule has 0 unspecified atom stereocenters. The summed E-state index contributed by atoms with van der Waals surface area (Å²) in [5.74, 6) is 0.768. The molecule has 0 saturated carbocycles. The molecule has 0 radical (unpaired) electrons. The highest BCUT2D eigenvalue weighted by Gasteiger charge is 2.25. The van der Waals surface area contributed by atoms with E-state index in [-0.39, 0.29) is 5.91 Å². The van der Waals surface area contributed by atoms with Gasteiger partial charge in [-0.15, -0.1) is 0 Å². The lowest BCUT2D eigenvalue weighted by Gasteiger charge is -2.36. The van der Waals surface area contributed by atoms with Crippen molar-refractivity contribution in [3.8, 4) is 17.0 Å². The van der Waals surface area contributed by atoms with Crippen LogP contribution in [0.3, 0.4) is 0 Å². The highest BCUT2D eigenvalue weighted by Crippen LogP contribution is 2.24. The van der Waals surface area contributed by atoms with E-state index in [9.17, 15) is 4.79 Å². The van der Waals surface area contributed by atoms with E-state index in [1.54, 1.807) is 18.8 Å². The van der Waals surface area contributed by atoms with Gasteiger partial charge in [-0.2, -0.15) is 5.10 Å². The van der Waals surface area contributed by atoms with Crippen molar-refractivity contribution in [3.63, 3.8) is 0 Å².